The van der Waals surface area contributed by atoms with Crippen molar-refractivity contribution in [2.24, 2.45) is 0 Å². The summed E-state index contributed by atoms with van der Waals surface area (Å²) in [6.07, 6.45) is 5.80. The molecule has 4 heterocycles. The molecule has 0 aromatic carbocycles. The van der Waals surface area contributed by atoms with E-state index in [0.29, 0.717) is 50.1 Å². The van der Waals surface area contributed by atoms with Crippen molar-refractivity contribution in [3.63, 3.8) is 0 Å². The zero-order chi connectivity index (χ0) is 21.8. The maximum atomic E-state index is 12.6. The van der Waals surface area contributed by atoms with Gasteiger partial charge < -0.3 is 19.5 Å². The zero-order valence-electron chi connectivity index (χ0n) is 17.3. The number of nitrogens with one attached hydrogen (secondary N) is 1. The van der Waals surface area contributed by atoms with Crippen LogP contribution in [0.3, 0.4) is 0 Å². The molecule has 31 heavy (non-hydrogen) atoms. The molecule has 1 fully saturated rings. The van der Waals surface area contributed by atoms with Gasteiger partial charge in [-0.3, -0.25) is 9.36 Å². The van der Waals surface area contributed by atoms with Crippen LogP contribution in [0.25, 0.3) is 17.3 Å². The van der Waals surface area contributed by atoms with Crippen molar-refractivity contribution in [3.8, 4) is 17.3 Å². The Morgan fingerprint density at radius 3 is 2.81 bits per heavy atom. The maximum Gasteiger partial charge on any atom is 0.409 e. The third kappa shape index (κ3) is 4.71. The summed E-state index contributed by atoms with van der Waals surface area (Å²) in [5.41, 5.74) is 1.01. The summed E-state index contributed by atoms with van der Waals surface area (Å²) in [4.78, 5) is 38.8. The lowest BCUT2D eigenvalue weighted by molar-refractivity contribution is 0.0857. The van der Waals surface area contributed by atoms with E-state index in [-0.39, 0.29) is 23.7 Å². The molecule has 2 amide bonds. The van der Waals surface area contributed by atoms with Crippen molar-refractivity contribution in [2.45, 2.75) is 32.7 Å². The molecule has 0 bridgehead atoms. The Bertz CT molecular complexity index is 1070. The second kappa shape index (κ2) is 8.94. The number of amides is 2. The van der Waals surface area contributed by atoms with Crippen LogP contribution in [0.4, 0.5) is 4.79 Å². The fourth-order valence-corrected chi connectivity index (χ4v) is 3.35. The zero-order valence-corrected chi connectivity index (χ0v) is 17.3. The molecule has 162 valence electrons. The molecular weight excluding hydrogens is 402 g/mol. The summed E-state index contributed by atoms with van der Waals surface area (Å²) >= 11 is 0. The van der Waals surface area contributed by atoms with Gasteiger partial charge in [0.2, 0.25) is 0 Å². The molecular formula is C20H23N7O4. The van der Waals surface area contributed by atoms with Crippen LogP contribution in [-0.2, 0) is 4.74 Å². The van der Waals surface area contributed by atoms with Crippen molar-refractivity contribution < 1.29 is 18.8 Å². The molecule has 0 aliphatic carbocycles. The maximum absolute atomic E-state index is 12.6. The minimum Gasteiger partial charge on any atom is -0.450 e. The number of piperidine rings is 1. The van der Waals surface area contributed by atoms with Crippen molar-refractivity contribution in [2.75, 3.05) is 19.7 Å². The molecule has 0 atom stereocenters. The first-order valence-electron chi connectivity index (χ1n) is 10.1. The Morgan fingerprint density at radius 1 is 1.29 bits per heavy atom. The summed E-state index contributed by atoms with van der Waals surface area (Å²) in [6, 6.07) is 3.52. The SMILES string of the molecule is CCOC(=O)N1CCC(NC(=O)c2cn(-c3cc(-c4nc(C)no4)ccn3)cn2)CC1. The van der Waals surface area contributed by atoms with Gasteiger partial charge in [-0.1, -0.05) is 5.16 Å². The molecule has 1 N–H and O–H groups in total. The second-order valence-electron chi connectivity index (χ2n) is 7.15. The largest absolute Gasteiger partial charge is 0.450 e. The average molecular weight is 425 g/mol. The van der Waals surface area contributed by atoms with Crippen molar-refractivity contribution in [3.05, 3.63) is 42.4 Å². The van der Waals surface area contributed by atoms with Gasteiger partial charge in [0.15, 0.2) is 5.82 Å². The molecule has 0 spiro atoms. The van der Waals surface area contributed by atoms with Crippen molar-refractivity contribution >= 4 is 12.0 Å². The lowest BCUT2D eigenvalue weighted by Crippen LogP contribution is -2.46. The third-order valence-electron chi connectivity index (χ3n) is 4.96. The number of carbonyl (C=O) groups is 2. The first kappa shape index (κ1) is 20.5. The summed E-state index contributed by atoms with van der Waals surface area (Å²) in [5.74, 6) is 1.25. The third-order valence-corrected chi connectivity index (χ3v) is 4.96. The van der Waals surface area contributed by atoms with Gasteiger partial charge in [0.25, 0.3) is 11.8 Å². The van der Waals surface area contributed by atoms with Gasteiger partial charge in [-0.2, -0.15) is 4.98 Å². The molecule has 4 rings (SSSR count). The Balaban J connectivity index is 1.38. The Kier molecular flexibility index (Phi) is 5.92. The van der Waals surface area contributed by atoms with E-state index >= 15 is 0 Å². The summed E-state index contributed by atoms with van der Waals surface area (Å²) in [7, 11) is 0. The van der Waals surface area contributed by atoms with Crippen LogP contribution in [0.5, 0.6) is 0 Å². The predicted molar refractivity (Wildman–Crippen MR) is 108 cm³/mol. The van der Waals surface area contributed by atoms with E-state index in [2.05, 4.69) is 25.4 Å². The first-order valence-corrected chi connectivity index (χ1v) is 10.1. The van der Waals surface area contributed by atoms with Gasteiger partial charge in [0.05, 0.1) is 6.61 Å². The topological polar surface area (TPSA) is 128 Å². The number of pyridine rings is 1. The molecule has 11 nitrogen and oxygen atoms in total. The van der Waals surface area contributed by atoms with Crippen molar-refractivity contribution in [1.82, 2.24) is 34.9 Å². The summed E-state index contributed by atoms with van der Waals surface area (Å²) < 4.78 is 11.9. The van der Waals surface area contributed by atoms with Gasteiger partial charge in [-0.25, -0.2) is 14.8 Å². The highest BCUT2D eigenvalue weighted by molar-refractivity contribution is 5.92. The minimum atomic E-state index is -0.309. The molecule has 0 unspecified atom stereocenters. The Morgan fingerprint density at radius 2 is 2.10 bits per heavy atom. The average Bonchev–Trinajstić information content (AvgIpc) is 3.44. The number of hydrogen-bond acceptors (Lipinski definition) is 8. The molecule has 1 aliphatic rings. The van der Waals surface area contributed by atoms with Gasteiger partial charge >= 0.3 is 6.09 Å². The summed E-state index contributed by atoms with van der Waals surface area (Å²) in [6.45, 7) is 4.97. The quantitative estimate of drug-likeness (QED) is 0.657. The normalized spacial score (nSPS) is 14.5. The smallest absolute Gasteiger partial charge is 0.409 e. The number of imidazole rings is 1. The minimum absolute atomic E-state index is 0.0226. The number of likely N-dealkylation sites (tertiary alicyclic amines) is 1. The number of nitrogens with zero attached hydrogens (tertiary/aromatic N) is 6. The van der Waals surface area contributed by atoms with E-state index in [4.69, 9.17) is 9.26 Å². The standard InChI is InChI=1S/C20H23N7O4/c1-3-30-20(29)26-8-5-15(6-9-26)24-18(28)16-11-27(12-22-16)17-10-14(4-7-21-17)19-23-13(2)25-31-19/h4,7,10-12,15H,3,5-6,8-9H2,1-2H3,(H,24,28). The van der Waals surface area contributed by atoms with Crippen LogP contribution in [0.2, 0.25) is 0 Å². The van der Waals surface area contributed by atoms with Crippen LogP contribution in [0, 0.1) is 6.92 Å². The number of aryl methyl sites for hydroxylation is 1. The van der Waals surface area contributed by atoms with Gasteiger partial charge in [0.1, 0.15) is 17.8 Å². The second-order valence-corrected chi connectivity index (χ2v) is 7.15. The van der Waals surface area contributed by atoms with Crippen molar-refractivity contribution in [1.29, 1.82) is 0 Å². The number of ether oxygens (including phenoxy) is 1. The number of aromatic nitrogens is 5. The summed E-state index contributed by atoms with van der Waals surface area (Å²) in [5, 5.41) is 6.78. The molecule has 0 radical (unpaired) electrons. The molecule has 3 aromatic rings. The number of carbonyl (C=O) groups excluding carboxylic acids is 2. The van der Waals surface area contributed by atoms with E-state index < -0.39 is 0 Å². The van der Waals surface area contributed by atoms with Gasteiger partial charge in [0, 0.05) is 37.1 Å². The van der Waals surface area contributed by atoms with E-state index in [1.54, 1.807) is 47.8 Å². The predicted octanol–water partition coefficient (Wildman–Crippen LogP) is 1.98. The lowest BCUT2D eigenvalue weighted by Gasteiger charge is -2.31. The first-order chi connectivity index (χ1) is 15.0. The molecule has 11 heteroatoms. The molecule has 0 saturated carbocycles. The van der Waals surface area contributed by atoms with E-state index in [1.807, 2.05) is 0 Å². The van der Waals surface area contributed by atoms with E-state index in [9.17, 15) is 9.59 Å². The van der Waals surface area contributed by atoms with Gasteiger partial charge in [-0.05, 0) is 38.8 Å². The Labute approximate surface area is 178 Å². The van der Waals surface area contributed by atoms with Crippen LogP contribution < -0.4 is 5.32 Å². The fraction of sp³-hybridized carbons (Fsp3) is 0.400. The highest BCUT2D eigenvalue weighted by Crippen LogP contribution is 2.19. The lowest BCUT2D eigenvalue weighted by atomic mass is 10.1. The van der Waals surface area contributed by atoms with Gasteiger partial charge in [-0.15, -0.1) is 0 Å². The molecule has 1 aliphatic heterocycles. The number of rotatable bonds is 5. The van der Waals surface area contributed by atoms with E-state index in [1.165, 1.54) is 6.33 Å². The van der Waals surface area contributed by atoms with Crippen LogP contribution >= 0.6 is 0 Å². The van der Waals surface area contributed by atoms with E-state index in [0.717, 1.165) is 5.56 Å². The fourth-order valence-electron chi connectivity index (χ4n) is 3.35. The highest BCUT2D eigenvalue weighted by atomic mass is 16.6. The molecule has 3 aromatic heterocycles. The molecule has 1 saturated heterocycles. The number of hydrogen-bond donors (Lipinski definition) is 1. The van der Waals surface area contributed by atoms with Crippen LogP contribution in [0.1, 0.15) is 36.1 Å². The van der Waals surface area contributed by atoms with Crippen LogP contribution in [0.15, 0.2) is 35.4 Å². The highest BCUT2D eigenvalue weighted by Gasteiger charge is 2.25. The Hall–Kier alpha value is -3.76. The van der Waals surface area contributed by atoms with Crippen LogP contribution in [-0.4, -0.2) is 67.3 Å². The monoisotopic (exact) mass is 425 g/mol.